The largest absolute Gasteiger partial charge is 0.372 e. The Morgan fingerprint density at radius 3 is 2.69 bits per heavy atom. The number of thiophene rings is 1. The van der Waals surface area contributed by atoms with Crippen LogP contribution in [0.25, 0.3) is 16.2 Å². The van der Waals surface area contributed by atoms with Gasteiger partial charge in [0.25, 0.3) is 5.91 Å². The Balaban J connectivity index is 1.86. The van der Waals surface area contributed by atoms with Crippen molar-refractivity contribution in [1.29, 1.82) is 0 Å². The summed E-state index contributed by atoms with van der Waals surface area (Å²) in [6, 6.07) is 8.90. The summed E-state index contributed by atoms with van der Waals surface area (Å²) in [4.78, 5) is 17.6. The van der Waals surface area contributed by atoms with Gasteiger partial charge in [-0.3, -0.25) is 4.79 Å². The normalized spacial score (nSPS) is 18.8. The second kappa shape index (κ2) is 8.12. The van der Waals surface area contributed by atoms with Crippen LogP contribution >= 0.6 is 11.3 Å². The third-order valence-corrected chi connectivity index (χ3v) is 5.99. The van der Waals surface area contributed by atoms with E-state index < -0.39 is 0 Å². The van der Waals surface area contributed by atoms with E-state index in [4.69, 9.17) is 0 Å². The van der Waals surface area contributed by atoms with Crippen LogP contribution in [0.5, 0.6) is 0 Å². The molecule has 1 aromatic heterocycles. The average Bonchev–Trinajstić information content (AvgIpc) is 3.14. The number of likely N-dealkylation sites (N-methyl/N-ethyl adjacent to an activating group) is 1. The quantitative estimate of drug-likeness (QED) is 0.719. The van der Waals surface area contributed by atoms with E-state index in [2.05, 4.69) is 48.3 Å². The van der Waals surface area contributed by atoms with Crippen molar-refractivity contribution in [2.45, 2.75) is 46.2 Å². The van der Waals surface area contributed by atoms with Crippen molar-refractivity contribution < 1.29 is 4.79 Å². The number of benzene rings is 1. The highest BCUT2D eigenvalue weighted by Crippen LogP contribution is 2.31. The fourth-order valence-electron chi connectivity index (χ4n) is 3.29. The van der Waals surface area contributed by atoms with Crippen molar-refractivity contribution in [1.82, 2.24) is 10.2 Å². The number of rotatable bonds is 7. The van der Waals surface area contributed by atoms with E-state index >= 15 is 0 Å². The van der Waals surface area contributed by atoms with Crippen LogP contribution in [-0.4, -0.2) is 37.1 Å². The Morgan fingerprint density at radius 2 is 2.04 bits per heavy atom. The molecule has 2 heterocycles. The van der Waals surface area contributed by atoms with Crippen LogP contribution in [0.15, 0.2) is 30.0 Å². The number of nitrogens with zero attached hydrogens (tertiary/aromatic N) is 2. The molecular weight excluding hydrogens is 342 g/mol. The number of nitrogens with one attached hydrogen (secondary N) is 1. The molecule has 2 aromatic rings. The van der Waals surface area contributed by atoms with Crippen molar-refractivity contribution in [3.8, 4) is 0 Å². The average molecular weight is 372 g/mol. The number of unbranched alkanes of at least 4 members (excludes halogenated alkanes) is 1. The van der Waals surface area contributed by atoms with E-state index in [1.54, 1.807) is 16.2 Å². The molecule has 3 rings (SSSR count). The fraction of sp³-hybridized carbons (Fsp3) is 0.476. The summed E-state index contributed by atoms with van der Waals surface area (Å²) in [5.74, 6) is 0.0596. The molecule has 1 fully saturated rings. The molecule has 140 valence electrons. The summed E-state index contributed by atoms with van der Waals surface area (Å²) in [7, 11) is 1.83. The van der Waals surface area contributed by atoms with E-state index in [1.807, 2.05) is 20.0 Å². The van der Waals surface area contributed by atoms with Gasteiger partial charge >= 0.3 is 0 Å². The summed E-state index contributed by atoms with van der Waals surface area (Å²) in [5, 5.41) is 4.49. The van der Waals surface area contributed by atoms with E-state index in [0.29, 0.717) is 5.70 Å². The molecular formula is C21H29N3OS. The third-order valence-electron chi connectivity index (χ3n) is 4.95. The smallest absolute Gasteiger partial charge is 0.271 e. The van der Waals surface area contributed by atoms with Crippen molar-refractivity contribution in [3.05, 3.63) is 34.8 Å². The molecule has 4 nitrogen and oxygen atoms in total. The van der Waals surface area contributed by atoms with Gasteiger partial charge in [-0.15, -0.1) is 11.3 Å². The van der Waals surface area contributed by atoms with Gasteiger partial charge in [-0.05, 0) is 49.4 Å². The summed E-state index contributed by atoms with van der Waals surface area (Å²) in [6.45, 7) is 8.67. The Labute approximate surface area is 160 Å². The maximum absolute atomic E-state index is 12.2. The van der Waals surface area contributed by atoms with Gasteiger partial charge in [0, 0.05) is 35.4 Å². The number of amides is 1. The molecule has 1 amide bonds. The lowest BCUT2D eigenvalue weighted by Gasteiger charge is -2.24. The van der Waals surface area contributed by atoms with Crippen LogP contribution in [0.4, 0.5) is 5.69 Å². The molecule has 1 unspecified atom stereocenters. The lowest BCUT2D eigenvalue weighted by Crippen LogP contribution is -2.30. The molecule has 26 heavy (non-hydrogen) atoms. The molecule has 5 heteroatoms. The predicted octanol–water partition coefficient (Wildman–Crippen LogP) is 4.67. The van der Waals surface area contributed by atoms with Crippen molar-refractivity contribution in [2.75, 3.05) is 25.0 Å². The van der Waals surface area contributed by atoms with E-state index in [9.17, 15) is 4.79 Å². The molecule has 1 aliphatic rings. The zero-order chi connectivity index (χ0) is 18.7. The summed E-state index contributed by atoms with van der Waals surface area (Å²) >= 11 is 1.75. The minimum atomic E-state index is 0.0518. The number of hydrogen-bond donors (Lipinski definition) is 1. The standard InChI is InChI=1S/C21H29N3OS/c1-5-7-11-24(10-6-2)17-9-8-16-12-18(26-20(16)13-17)14-19-21(25)23(4)15(3)22-19/h8-9,12-15,22H,5-7,10-11H2,1-4H3/b19-14+. The first-order valence-electron chi connectivity index (χ1n) is 9.57. The first-order chi connectivity index (χ1) is 12.5. The maximum Gasteiger partial charge on any atom is 0.271 e. The fourth-order valence-corrected chi connectivity index (χ4v) is 4.33. The van der Waals surface area contributed by atoms with Crippen molar-refractivity contribution in [2.24, 2.45) is 0 Å². The van der Waals surface area contributed by atoms with Crippen LogP contribution in [-0.2, 0) is 4.79 Å². The number of hydrogen-bond acceptors (Lipinski definition) is 4. The van der Waals surface area contributed by atoms with E-state index in [-0.39, 0.29) is 12.1 Å². The summed E-state index contributed by atoms with van der Waals surface area (Å²) < 4.78 is 1.28. The lowest BCUT2D eigenvalue weighted by molar-refractivity contribution is -0.124. The van der Waals surface area contributed by atoms with Crippen LogP contribution in [0.2, 0.25) is 0 Å². The second-order valence-electron chi connectivity index (χ2n) is 7.01. The van der Waals surface area contributed by atoms with Crippen LogP contribution < -0.4 is 10.2 Å². The first kappa shape index (κ1) is 18.8. The highest BCUT2D eigenvalue weighted by Gasteiger charge is 2.28. The Kier molecular flexibility index (Phi) is 5.87. The minimum Gasteiger partial charge on any atom is -0.372 e. The van der Waals surface area contributed by atoms with E-state index in [1.165, 1.54) is 28.6 Å². The zero-order valence-electron chi connectivity index (χ0n) is 16.2. The van der Waals surface area contributed by atoms with Crippen LogP contribution in [0, 0.1) is 0 Å². The molecule has 0 saturated carbocycles. The van der Waals surface area contributed by atoms with E-state index in [0.717, 1.165) is 24.4 Å². The van der Waals surface area contributed by atoms with Gasteiger partial charge in [-0.2, -0.15) is 0 Å². The zero-order valence-corrected chi connectivity index (χ0v) is 17.0. The SMILES string of the molecule is CCCCN(CCC)c1ccc2cc(/C=C3/NC(C)N(C)C3=O)sc2c1. The molecule has 1 aliphatic heterocycles. The molecule has 0 radical (unpaired) electrons. The van der Waals surface area contributed by atoms with Crippen LogP contribution in [0.3, 0.4) is 0 Å². The maximum atomic E-state index is 12.2. The van der Waals surface area contributed by atoms with Gasteiger partial charge in [-0.1, -0.05) is 26.3 Å². The number of anilines is 1. The van der Waals surface area contributed by atoms with Gasteiger partial charge < -0.3 is 15.1 Å². The lowest BCUT2D eigenvalue weighted by atomic mass is 10.2. The Morgan fingerprint density at radius 1 is 1.23 bits per heavy atom. The molecule has 1 saturated heterocycles. The minimum absolute atomic E-state index is 0.0518. The van der Waals surface area contributed by atoms with Crippen molar-refractivity contribution in [3.63, 3.8) is 0 Å². The van der Waals surface area contributed by atoms with Crippen LogP contribution in [0.1, 0.15) is 44.9 Å². The summed E-state index contributed by atoms with van der Waals surface area (Å²) in [6.07, 6.45) is 5.62. The topological polar surface area (TPSA) is 35.6 Å². The van der Waals surface area contributed by atoms with Gasteiger partial charge in [0.15, 0.2) is 0 Å². The third kappa shape index (κ3) is 3.88. The highest BCUT2D eigenvalue weighted by atomic mass is 32.1. The van der Waals surface area contributed by atoms with Gasteiger partial charge in [0.1, 0.15) is 5.70 Å². The summed E-state index contributed by atoms with van der Waals surface area (Å²) in [5.41, 5.74) is 1.99. The van der Waals surface area contributed by atoms with Gasteiger partial charge in [0.2, 0.25) is 0 Å². The highest BCUT2D eigenvalue weighted by molar-refractivity contribution is 7.19. The van der Waals surface area contributed by atoms with Crippen molar-refractivity contribution >= 4 is 39.1 Å². The van der Waals surface area contributed by atoms with Gasteiger partial charge in [-0.25, -0.2) is 0 Å². The van der Waals surface area contributed by atoms with Gasteiger partial charge in [0.05, 0.1) is 6.17 Å². The molecule has 0 bridgehead atoms. The first-order valence-corrected chi connectivity index (χ1v) is 10.4. The molecule has 1 atom stereocenters. The number of carbonyl (C=O) groups excluding carboxylic acids is 1. The number of fused-ring (bicyclic) bond motifs is 1. The second-order valence-corrected chi connectivity index (χ2v) is 8.12. The Hall–Kier alpha value is -2.01. The molecule has 1 N–H and O–H groups in total. The monoisotopic (exact) mass is 371 g/mol. The Bertz CT molecular complexity index is 811. The molecule has 0 aliphatic carbocycles. The predicted molar refractivity (Wildman–Crippen MR) is 113 cm³/mol. The molecule has 1 aromatic carbocycles. The molecule has 0 spiro atoms. The number of carbonyl (C=O) groups is 1.